The molecule has 0 aliphatic carbocycles. The van der Waals surface area contributed by atoms with Gasteiger partial charge in [-0.2, -0.15) is 11.8 Å². The maximum absolute atomic E-state index is 11.6. The number of thioether (sulfide) groups is 1. The highest BCUT2D eigenvalue weighted by molar-refractivity contribution is 7.99. The van der Waals surface area contributed by atoms with E-state index >= 15 is 0 Å². The third-order valence-electron chi connectivity index (χ3n) is 3.07. The minimum absolute atomic E-state index is 0.343. The highest BCUT2D eigenvalue weighted by Crippen LogP contribution is 2.28. The quantitative estimate of drug-likeness (QED) is 0.825. The molecular weight excluding hydrogens is 248 g/mol. The van der Waals surface area contributed by atoms with Crippen molar-refractivity contribution in [3.8, 4) is 0 Å². The van der Waals surface area contributed by atoms with E-state index in [1.54, 1.807) is 0 Å². The van der Waals surface area contributed by atoms with Crippen LogP contribution < -0.4 is 11.1 Å². The van der Waals surface area contributed by atoms with E-state index in [0.29, 0.717) is 24.9 Å². The van der Waals surface area contributed by atoms with Crippen LogP contribution in [0.5, 0.6) is 0 Å². The summed E-state index contributed by atoms with van der Waals surface area (Å²) < 4.78 is 5.22. The molecule has 1 saturated heterocycles. The van der Waals surface area contributed by atoms with E-state index < -0.39 is 5.60 Å². The summed E-state index contributed by atoms with van der Waals surface area (Å²) in [4.78, 5) is 11.6. The van der Waals surface area contributed by atoms with Crippen molar-refractivity contribution < 1.29 is 9.53 Å². The lowest BCUT2D eigenvalue weighted by atomic mass is 9.89. The zero-order valence-corrected chi connectivity index (χ0v) is 12.5. The average molecular weight is 274 g/mol. The second kappa shape index (κ2) is 7.24. The molecule has 1 amide bonds. The van der Waals surface area contributed by atoms with E-state index in [0.717, 1.165) is 5.75 Å². The number of hydrogen-bond donors (Lipinski definition) is 2. The van der Waals surface area contributed by atoms with Crippen LogP contribution in [0.3, 0.4) is 0 Å². The smallest absolute Gasteiger partial charge is 0.407 e. The van der Waals surface area contributed by atoms with Crippen LogP contribution in [0.4, 0.5) is 4.79 Å². The monoisotopic (exact) mass is 274 g/mol. The number of alkyl carbamates (subject to hydrolysis) is 1. The van der Waals surface area contributed by atoms with E-state index in [4.69, 9.17) is 10.5 Å². The first-order chi connectivity index (χ1) is 8.42. The van der Waals surface area contributed by atoms with Gasteiger partial charge in [0.2, 0.25) is 0 Å². The molecule has 0 aromatic rings. The molecule has 1 heterocycles. The Morgan fingerprint density at radius 2 is 2.28 bits per heavy atom. The fraction of sp³-hybridized carbons (Fsp3) is 0.923. The SMILES string of the molecule is CC(C)(C)OC(=O)NCC(CN)C1CCCSC1. The Labute approximate surface area is 114 Å². The van der Waals surface area contributed by atoms with Gasteiger partial charge in [-0.05, 0) is 63.5 Å². The Hall–Kier alpha value is -0.420. The van der Waals surface area contributed by atoms with E-state index in [1.807, 2.05) is 32.5 Å². The van der Waals surface area contributed by atoms with Crippen molar-refractivity contribution in [2.24, 2.45) is 17.6 Å². The molecule has 0 saturated carbocycles. The highest BCUT2D eigenvalue weighted by Gasteiger charge is 2.24. The van der Waals surface area contributed by atoms with Crippen LogP contribution in [-0.2, 0) is 4.74 Å². The van der Waals surface area contributed by atoms with Gasteiger partial charge in [-0.25, -0.2) is 4.79 Å². The summed E-state index contributed by atoms with van der Waals surface area (Å²) in [7, 11) is 0. The molecule has 1 fully saturated rings. The molecule has 5 heteroatoms. The topological polar surface area (TPSA) is 64.3 Å². The van der Waals surface area contributed by atoms with Crippen molar-refractivity contribution >= 4 is 17.9 Å². The molecular formula is C13H26N2O2S. The number of nitrogens with two attached hydrogens (primary N) is 1. The van der Waals surface area contributed by atoms with Crippen molar-refractivity contribution in [2.45, 2.75) is 39.2 Å². The van der Waals surface area contributed by atoms with Crippen LogP contribution in [0.2, 0.25) is 0 Å². The first-order valence-corrected chi connectivity index (χ1v) is 7.82. The predicted octanol–water partition coefficient (Wildman–Crippen LogP) is 2.23. The van der Waals surface area contributed by atoms with Crippen LogP contribution >= 0.6 is 11.8 Å². The number of carbonyl (C=O) groups is 1. The molecule has 2 atom stereocenters. The lowest BCUT2D eigenvalue weighted by Crippen LogP contribution is -2.40. The number of ether oxygens (including phenoxy) is 1. The number of carbonyl (C=O) groups excluding carboxylic acids is 1. The Balaban J connectivity index is 2.32. The van der Waals surface area contributed by atoms with Gasteiger partial charge in [0.25, 0.3) is 0 Å². The van der Waals surface area contributed by atoms with Gasteiger partial charge in [-0.1, -0.05) is 0 Å². The summed E-state index contributed by atoms with van der Waals surface area (Å²) in [5.41, 5.74) is 5.37. The Bertz CT molecular complexity index is 260. The minimum atomic E-state index is -0.441. The normalized spacial score (nSPS) is 22.3. The van der Waals surface area contributed by atoms with E-state index in [1.165, 1.54) is 18.6 Å². The fourth-order valence-electron chi connectivity index (χ4n) is 2.11. The second-order valence-corrected chi connectivity index (χ2v) is 7.01. The highest BCUT2D eigenvalue weighted by atomic mass is 32.2. The van der Waals surface area contributed by atoms with Gasteiger partial charge < -0.3 is 15.8 Å². The molecule has 1 aliphatic heterocycles. The van der Waals surface area contributed by atoms with Crippen molar-refractivity contribution in [3.05, 3.63) is 0 Å². The van der Waals surface area contributed by atoms with E-state index in [9.17, 15) is 4.79 Å². The van der Waals surface area contributed by atoms with Gasteiger partial charge in [0.05, 0.1) is 0 Å². The molecule has 1 aliphatic rings. The summed E-state index contributed by atoms with van der Waals surface area (Å²) in [6.45, 7) is 6.85. The molecule has 2 unspecified atom stereocenters. The first kappa shape index (κ1) is 15.6. The molecule has 3 N–H and O–H groups in total. The van der Waals surface area contributed by atoms with Crippen molar-refractivity contribution in [1.29, 1.82) is 0 Å². The largest absolute Gasteiger partial charge is 0.444 e. The van der Waals surface area contributed by atoms with Crippen molar-refractivity contribution in [3.63, 3.8) is 0 Å². The summed E-state index contributed by atoms with van der Waals surface area (Å²) in [6, 6.07) is 0. The van der Waals surface area contributed by atoms with Gasteiger partial charge in [0.15, 0.2) is 0 Å². The molecule has 106 valence electrons. The summed E-state index contributed by atoms with van der Waals surface area (Å²) in [6.07, 6.45) is 2.15. The fourth-order valence-corrected chi connectivity index (χ4v) is 3.39. The maximum Gasteiger partial charge on any atom is 0.407 e. The lowest BCUT2D eigenvalue weighted by Gasteiger charge is -2.29. The number of rotatable bonds is 4. The van der Waals surface area contributed by atoms with Gasteiger partial charge in [0, 0.05) is 6.54 Å². The Morgan fingerprint density at radius 3 is 2.78 bits per heavy atom. The molecule has 0 bridgehead atoms. The summed E-state index contributed by atoms with van der Waals surface area (Å²) in [5.74, 6) is 3.42. The van der Waals surface area contributed by atoms with Crippen LogP contribution in [0.15, 0.2) is 0 Å². The molecule has 0 aromatic heterocycles. The predicted molar refractivity (Wildman–Crippen MR) is 76.8 cm³/mol. The molecule has 0 spiro atoms. The zero-order chi connectivity index (χ0) is 13.6. The number of nitrogens with one attached hydrogen (secondary N) is 1. The second-order valence-electron chi connectivity index (χ2n) is 5.86. The van der Waals surface area contributed by atoms with Gasteiger partial charge >= 0.3 is 6.09 Å². The van der Waals surface area contributed by atoms with Crippen molar-refractivity contribution in [1.82, 2.24) is 5.32 Å². The molecule has 1 rings (SSSR count). The van der Waals surface area contributed by atoms with Crippen LogP contribution in [0, 0.1) is 11.8 Å². The molecule has 0 radical (unpaired) electrons. The molecule has 18 heavy (non-hydrogen) atoms. The maximum atomic E-state index is 11.6. The van der Waals surface area contributed by atoms with E-state index in [-0.39, 0.29) is 6.09 Å². The van der Waals surface area contributed by atoms with Gasteiger partial charge in [-0.15, -0.1) is 0 Å². The van der Waals surface area contributed by atoms with Gasteiger partial charge in [0.1, 0.15) is 5.60 Å². The molecule has 4 nitrogen and oxygen atoms in total. The van der Waals surface area contributed by atoms with Crippen LogP contribution in [-0.4, -0.2) is 36.3 Å². The van der Waals surface area contributed by atoms with Crippen LogP contribution in [0.25, 0.3) is 0 Å². The summed E-state index contributed by atoms with van der Waals surface area (Å²) in [5, 5.41) is 2.84. The van der Waals surface area contributed by atoms with Crippen molar-refractivity contribution in [2.75, 3.05) is 24.6 Å². The number of amides is 1. The van der Waals surface area contributed by atoms with E-state index in [2.05, 4.69) is 5.32 Å². The standard InChI is InChI=1S/C13H26N2O2S/c1-13(2,3)17-12(16)15-8-11(7-14)10-5-4-6-18-9-10/h10-11H,4-9,14H2,1-3H3,(H,15,16). The number of hydrogen-bond acceptors (Lipinski definition) is 4. The zero-order valence-electron chi connectivity index (χ0n) is 11.7. The Morgan fingerprint density at radius 1 is 1.56 bits per heavy atom. The average Bonchev–Trinajstić information content (AvgIpc) is 2.29. The third-order valence-corrected chi connectivity index (χ3v) is 4.31. The third kappa shape index (κ3) is 5.96. The van der Waals surface area contributed by atoms with Gasteiger partial charge in [-0.3, -0.25) is 0 Å². The lowest BCUT2D eigenvalue weighted by molar-refractivity contribution is 0.0514. The summed E-state index contributed by atoms with van der Waals surface area (Å²) >= 11 is 1.99. The Kier molecular flexibility index (Phi) is 6.29. The first-order valence-electron chi connectivity index (χ1n) is 6.67. The van der Waals surface area contributed by atoms with Crippen LogP contribution in [0.1, 0.15) is 33.6 Å². The molecule has 0 aromatic carbocycles. The minimum Gasteiger partial charge on any atom is -0.444 e.